The summed E-state index contributed by atoms with van der Waals surface area (Å²) in [5.41, 5.74) is 0.385. The third kappa shape index (κ3) is 6.77. The number of para-hydroxylation sites is 1. The Morgan fingerprint density at radius 2 is 1.61 bits per heavy atom. The fraction of sp³-hybridized carbons (Fsp3) is 0.500. The number of nitrogens with zero attached hydrogens (tertiary/aromatic N) is 1. The summed E-state index contributed by atoms with van der Waals surface area (Å²) in [6.07, 6.45) is 1.77. The highest BCUT2D eigenvalue weighted by molar-refractivity contribution is 6.39. The van der Waals surface area contributed by atoms with Crippen LogP contribution in [0.25, 0.3) is 0 Å². The summed E-state index contributed by atoms with van der Waals surface area (Å²) in [4.78, 5) is 25.6. The van der Waals surface area contributed by atoms with E-state index in [1.165, 1.54) is 0 Å². The van der Waals surface area contributed by atoms with Crippen LogP contribution in [0, 0.1) is 0 Å². The van der Waals surface area contributed by atoms with Gasteiger partial charge in [-0.05, 0) is 32.0 Å². The van der Waals surface area contributed by atoms with Crippen molar-refractivity contribution in [2.45, 2.75) is 32.7 Å². The Labute approximate surface area is 147 Å². The summed E-state index contributed by atoms with van der Waals surface area (Å²) in [6.45, 7) is 4.27. The smallest absolute Gasteiger partial charge is 0.238 e. The molecule has 0 heterocycles. The zero-order chi connectivity index (χ0) is 17.4. The molecule has 128 valence electrons. The molecule has 0 radical (unpaired) electrons. The lowest BCUT2D eigenvalue weighted by Gasteiger charge is -2.19. The van der Waals surface area contributed by atoms with Crippen LogP contribution in [0.3, 0.4) is 0 Å². The number of halogens is 2. The second kappa shape index (κ2) is 9.75. The molecule has 0 saturated heterocycles. The lowest BCUT2D eigenvalue weighted by molar-refractivity contribution is -0.123. The van der Waals surface area contributed by atoms with Crippen molar-refractivity contribution in [2.75, 3.05) is 25.5 Å². The molecule has 0 fully saturated rings. The van der Waals surface area contributed by atoms with Gasteiger partial charge in [0.15, 0.2) is 0 Å². The molecule has 0 saturated carbocycles. The van der Waals surface area contributed by atoms with E-state index in [9.17, 15) is 9.59 Å². The van der Waals surface area contributed by atoms with Gasteiger partial charge in [-0.1, -0.05) is 43.1 Å². The Kier molecular flexibility index (Phi) is 8.37. The van der Waals surface area contributed by atoms with Gasteiger partial charge in [-0.25, -0.2) is 0 Å². The standard InChI is InChI=1S/C16H23Cl2N3O2/c1-4-11(5-2)19-14(22)9-21(3)10-15(23)20-16-12(17)7-6-8-13(16)18/h6-8,11H,4-5,9-10H2,1-3H3,(H,19,22)(H,20,23). The number of carbonyl (C=O) groups is 2. The number of amides is 2. The second-order valence-electron chi connectivity index (χ2n) is 5.40. The maximum Gasteiger partial charge on any atom is 0.238 e. The van der Waals surface area contributed by atoms with E-state index in [1.807, 2.05) is 13.8 Å². The number of likely N-dealkylation sites (N-methyl/N-ethyl adjacent to an activating group) is 1. The fourth-order valence-electron chi connectivity index (χ4n) is 2.11. The average molecular weight is 360 g/mol. The Morgan fingerprint density at radius 1 is 1.09 bits per heavy atom. The van der Waals surface area contributed by atoms with Crippen LogP contribution in [0.2, 0.25) is 10.0 Å². The van der Waals surface area contributed by atoms with E-state index in [0.29, 0.717) is 15.7 Å². The molecule has 0 unspecified atom stereocenters. The lowest BCUT2D eigenvalue weighted by atomic mass is 10.2. The SMILES string of the molecule is CCC(CC)NC(=O)CN(C)CC(=O)Nc1c(Cl)cccc1Cl. The Bertz CT molecular complexity index is 528. The van der Waals surface area contributed by atoms with Gasteiger partial charge in [0.1, 0.15) is 0 Å². The summed E-state index contributed by atoms with van der Waals surface area (Å²) < 4.78 is 0. The van der Waals surface area contributed by atoms with E-state index in [2.05, 4.69) is 10.6 Å². The van der Waals surface area contributed by atoms with Crippen molar-refractivity contribution in [3.8, 4) is 0 Å². The van der Waals surface area contributed by atoms with Gasteiger partial charge in [0.25, 0.3) is 0 Å². The second-order valence-corrected chi connectivity index (χ2v) is 6.21. The van der Waals surface area contributed by atoms with Gasteiger partial charge in [-0.15, -0.1) is 0 Å². The zero-order valence-electron chi connectivity index (χ0n) is 13.7. The van der Waals surface area contributed by atoms with Crippen molar-refractivity contribution >= 4 is 40.7 Å². The minimum absolute atomic E-state index is 0.0673. The molecule has 7 heteroatoms. The van der Waals surface area contributed by atoms with Gasteiger partial charge in [0, 0.05) is 6.04 Å². The third-order valence-electron chi connectivity index (χ3n) is 3.40. The lowest BCUT2D eigenvalue weighted by Crippen LogP contribution is -2.42. The number of benzene rings is 1. The van der Waals surface area contributed by atoms with Crippen molar-refractivity contribution in [1.82, 2.24) is 10.2 Å². The number of hydrogen-bond donors (Lipinski definition) is 2. The first-order chi connectivity index (χ1) is 10.9. The first-order valence-corrected chi connectivity index (χ1v) is 8.34. The van der Waals surface area contributed by atoms with E-state index >= 15 is 0 Å². The Hall–Kier alpha value is -1.30. The Balaban J connectivity index is 2.49. The minimum atomic E-state index is -0.280. The molecule has 1 rings (SSSR count). The largest absolute Gasteiger partial charge is 0.352 e. The molecule has 23 heavy (non-hydrogen) atoms. The molecule has 0 spiro atoms. The van der Waals surface area contributed by atoms with Crippen LogP contribution >= 0.6 is 23.2 Å². The summed E-state index contributed by atoms with van der Waals surface area (Å²) in [5.74, 6) is -0.373. The molecule has 0 atom stereocenters. The molecule has 5 nitrogen and oxygen atoms in total. The molecule has 1 aromatic carbocycles. The summed E-state index contributed by atoms with van der Waals surface area (Å²) in [5, 5.41) is 6.35. The van der Waals surface area contributed by atoms with Gasteiger partial charge in [-0.3, -0.25) is 14.5 Å². The van der Waals surface area contributed by atoms with Crippen molar-refractivity contribution in [2.24, 2.45) is 0 Å². The monoisotopic (exact) mass is 359 g/mol. The normalized spacial score (nSPS) is 10.9. The van der Waals surface area contributed by atoms with Gasteiger partial charge in [0.05, 0.1) is 28.8 Å². The first kappa shape index (κ1) is 19.7. The maximum absolute atomic E-state index is 12.0. The number of carbonyl (C=O) groups excluding carboxylic acids is 2. The first-order valence-electron chi connectivity index (χ1n) is 7.59. The third-order valence-corrected chi connectivity index (χ3v) is 4.03. The number of rotatable bonds is 8. The topological polar surface area (TPSA) is 61.4 Å². The van der Waals surface area contributed by atoms with Crippen LogP contribution in [0.4, 0.5) is 5.69 Å². The molecule has 0 aliphatic carbocycles. The molecule has 0 bridgehead atoms. The predicted octanol–water partition coefficient (Wildman–Crippen LogP) is 3.17. The van der Waals surface area contributed by atoms with Crippen molar-refractivity contribution in [1.29, 1.82) is 0 Å². The van der Waals surface area contributed by atoms with E-state index < -0.39 is 0 Å². The predicted molar refractivity (Wildman–Crippen MR) is 95.1 cm³/mol. The van der Waals surface area contributed by atoms with Crippen LogP contribution in [0.15, 0.2) is 18.2 Å². The Morgan fingerprint density at radius 3 is 2.13 bits per heavy atom. The molecule has 0 aliphatic rings. The van der Waals surface area contributed by atoms with Crippen LogP contribution in [-0.4, -0.2) is 42.9 Å². The van der Waals surface area contributed by atoms with Gasteiger partial charge in [-0.2, -0.15) is 0 Å². The van der Waals surface area contributed by atoms with Crippen molar-refractivity contribution < 1.29 is 9.59 Å². The summed E-state index contributed by atoms with van der Waals surface area (Å²) >= 11 is 12.0. The number of nitrogens with one attached hydrogen (secondary N) is 2. The van der Waals surface area contributed by atoms with E-state index in [-0.39, 0.29) is 30.9 Å². The summed E-state index contributed by atoms with van der Waals surface area (Å²) in [7, 11) is 1.71. The number of anilines is 1. The molecule has 2 amide bonds. The minimum Gasteiger partial charge on any atom is -0.352 e. The van der Waals surface area contributed by atoms with Crippen LogP contribution in [-0.2, 0) is 9.59 Å². The van der Waals surface area contributed by atoms with E-state index in [0.717, 1.165) is 12.8 Å². The highest BCUT2D eigenvalue weighted by atomic mass is 35.5. The molecule has 0 aromatic heterocycles. The molecule has 0 aliphatic heterocycles. The van der Waals surface area contributed by atoms with E-state index in [4.69, 9.17) is 23.2 Å². The molecule has 2 N–H and O–H groups in total. The van der Waals surface area contributed by atoms with Gasteiger partial charge in [0.2, 0.25) is 11.8 Å². The van der Waals surface area contributed by atoms with Crippen molar-refractivity contribution in [3.05, 3.63) is 28.2 Å². The fourth-order valence-corrected chi connectivity index (χ4v) is 2.60. The van der Waals surface area contributed by atoms with Crippen LogP contribution in [0.5, 0.6) is 0 Å². The molecular weight excluding hydrogens is 337 g/mol. The summed E-state index contributed by atoms with van der Waals surface area (Å²) in [6, 6.07) is 5.17. The van der Waals surface area contributed by atoms with Crippen LogP contribution < -0.4 is 10.6 Å². The van der Waals surface area contributed by atoms with Gasteiger partial charge >= 0.3 is 0 Å². The maximum atomic E-state index is 12.0. The molecular formula is C16H23Cl2N3O2. The average Bonchev–Trinajstić information content (AvgIpc) is 2.48. The van der Waals surface area contributed by atoms with E-state index in [1.54, 1.807) is 30.1 Å². The highest BCUT2D eigenvalue weighted by Crippen LogP contribution is 2.29. The van der Waals surface area contributed by atoms with Crippen molar-refractivity contribution in [3.63, 3.8) is 0 Å². The van der Waals surface area contributed by atoms with Gasteiger partial charge < -0.3 is 10.6 Å². The zero-order valence-corrected chi connectivity index (χ0v) is 15.2. The quantitative estimate of drug-likeness (QED) is 0.749. The number of hydrogen-bond acceptors (Lipinski definition) is 3. The van der Waals surface area contributed by atoms with Crippen LogP contribution in [0.1, 0.15) is 26.7 Å². The highest BCUT2D eigenvalue weighted by Gasteiger charge is 2.15. The molecule has 1 aromatic rings.